The van der Waals surface area contributed by atoms with Crippen LogP contribution in [-0.2, 0) is 14.4 Å². The molecule has 0 unspecified atom stereocenters. The lowest BCUT2D eigenvalue weighted by atomic mass is 9.91. The minimum atomic E-state index is -0.654. The Morgan fingerprint density at radius 3 is 2.42 bits per heavy atom. The number of oxime groups is 1. The van der Waals surface area contributed by atoms with E-state index < -0.39 is 11.5 Å². The number of carbonyl (C=O) groups excluding carboxylic acids is 2. The van der Waals surface area contributed by atoms with Crippen LogP contribution in [0.3, 0.4) is 0 Å². The maximum absolute atomic E-state index is 11.6. The Morgan fingerprint density at radius 1 is 1.26 bits per heavy atom. The molecule has 0 radical (unpaired) electrons. The van der Waals surface area contributed by atoms with Gasteiger partial charge in [-0.15, -0.1) is 0 Å². The zero-order valence-corrected chi connectivity index (χ0v) is 12.4. The Kier molecular flexibility index (Phi) is 7.79. The summed E-state index contributed by atoms with van der Waals surface area (Å²) in [5.74, 6) is -0.273. The maximum atomic E-state index is 11.6. The fraction of sp³-hybridized carbons (Fsp3) is 0.769. The fourth-order valence-corrected chi connectivity index (χ4v) is 0.853. The van der Waals surface area contributed by atoms with E-state index in [2.05, 4.69) is 15.3 Å². The van der Waals surface area contributed by atoms with Crippen LogP contribution in [0.2, 0.25) is 0 Å². The van der Waals surface area contributed by atoms with Gasteiger partial charge in [0.2, 0.25) is 0 Å². The summed E-state index contributed by atoms with van der Waals surface area (Å²) in [6.07, 6.45) is 0.766. The first-order valence-corrected chi connectivity index (χ1v) is 6.49. The van der Waals surface area contributed by atoms with Crippen LogP contribution in [0.25, 0.3) is 0 Å². The average Bonchev–Trinajstić information content (AvgIpc) is 2.40. The standard InChI is InChI=1S/C13H24N2O4/c1-6-10(3)15-19-12(17)14-8-9-18-11(16)13(4,5)7-2/h6-9H2,1-5H3,(H,14,17). The highest BCUT2D eigenvalue weighted by atomic mass is 16.7. The first-order valence-electron chi connectivity index (χ1n) is 6.49. The topological polar surface area (TPSA) is 77.0 Å². The summed E-state index contributed by atoms with van der Waals surface area (Å²) in [6.45, 7) is 9.55. The van der Waals surface area contributed by atoms with Crippen molar-refractivity contribution < 1.29 is 19.2 Å². The lowest BCUT2D eigenvalue weighted by Gasteiger charge is -2.20. The zero-order chi connectivity index (χ0) is 14.9. The molecule has 0 bridgehead atoms. The summed E-state index contributed by atoms with van der Waals surface area (Å²) in [5.41, 5.74) is 0.231. The number of rotatable bonds is 7. The molecule has 1 amide bonds. The number of nitrogens with zero attached hydrogens (tertiary/aromatic N) is 1. The number of ether oxygens (including phenoxy) is 1. The van der Waals surface area contributed by atoms with Crippen LogP contribution >= 0.6 is 0 Å². The summed E-state index contributed by atoms with van der Waals surface area (Å²) < 4.78 is 5.05. The third kappa shape index (κ3) is 7.43. The number of hydrogen-bond donors (Lipinski definition) is 1. The number of hydrogen-bond acceptors (Lipinski definition) is 5. The second-order valence-corrected chi connectivity index (χ2v) is 4.86. The molecule has 1 N–H and O–H groups in total. The van der Waals surface area contributed by atoms with Crippen LogP contribution in [0.4, 0.5) is 4.79 Å². The first kappa shape index (κ1) is 17.4. The molecule has 19 heavy (non-hydrogen) atoms. The number of carbonyl (C=O) groups is 2. The van der Waals surface area contributed by atoms with Gasteiger partial charge in [-0.2, -0.15) is 0 Å². The van der Waals surface area contributed by atoms with E-state index in [-0.39, 0.29) is 19.1 Å². The van der Waals surface area contributed by atoms with Crippen molar-refractivity contribution in [1.29, 1.82) is 0 Å². The molecule has 0 aliphatic carbocycles. The highest BCUT2D eigenvalue weighted by Crippen LogP contribution is 2.21. The van der Waals surface area contributed by atoms with Crippen LogP contribution in [-0.4, -0.2) is 30.9 Å². The van der Waals surface area contributed by atoms with Crippen molar-refractivity contribution in [3.8, 4) is 0 Å². The van der Waals surface area contributed by atoms with E-state index in [9.17, 15) is 9.59 Å². The molecule has 6 nitrogen and oxygen atoms in total. The second kappa shape index (κ2) is 8.50. The van der Waals surface area contributed by atoms with E-state index in [1.54, 1.807) is 6.92 Å². The minimum absolute atomic E-state index is 0.119. The van der Waals surface area contributed by atoms with Gasteiger partial charge in [-0.1, -0.05) is 19.0 Å². The van der Waals surface area contributed by atoms with Gasteiger partial charge in [0, 0.05) is 0 Å². The van der Waals surface area contributed by atoms with E-state index in [0.29, 0.717) is 6.42 Å². The zero-order valence-electron chi connectivity index (χ0n) is 12.4. The van der Waals surface area contributed by atoms with Gasteiger partial charge in [-0.05, 0) is 33.6 Å². The Bertz CT molecular complexity index is 338. The monoisotopic (exact) mass is 272 g/mol. The first-order chi connectivity index (χ1) is 8.83. The van der Waals surface area contributed by atoms with Gasteiger partial charge >= 0.3 is 12.1 Å². The van der Waals surface area contributed by atoms with Gasteiger partial charge in [0.25, 0.3) is 0 Å². The van der Waals surface area contributed by atoms with Crippen molar-refractivity contribution in [2.24, 2.45) is 10.6 Å². The Balaban J connectivity index is 3.81. The highest BCUT2D eigenvalue weighted by molar-refractivity contribution is 5.81. The van der Waals surface area contributed by atoms with Gasteiger partial charge < -0.3 is 10.1 Å². The molecular formula is C13H24N2O4. The largest absolute Gasteiger partial charge is 0.463 e. The molecule has 0 atom stereocenters. The molecule has 6 heteroatoms. The molecule has 0 spiro atoms. The van der Waals surface area contributed by atoms with Crippen LogP contribution in [0.15, 0.2) is 5.16 Å². The smallest absolute Gasteiger partial charge is 0.433 e. The van der Waals surface area contributed by atoms with E-state index in [4.69, 9.17) is 4.74 Å². The van der Waals surface area contributed by atoms with Gasteiger partial charge in [0.1, 0.15) is 6.61 Å². The van der Waals surface area contributed by atoms with Crippen LogP contribution in [0, 0.1) is 5.41 Å². The molecule has 0 aliphatic rings. The molecule has 0 aromatic rings. The molecule has 0 rings (SSSR count). The summed E-state index contributed by atoms with van der Waals surface area (Å²) in [6, 6.07) is 0. The van der Waals surface area contributed by atoms with Gasteiger partial charge in [0.15, 0.2) is 0 Å². The SMILES string of the molecule is CCC(C)=NOC(=O)NCCOC(=O)C(C)(C)CC. The maximum Gasteiger partial charge on any atom is 0.433 e. The summed E-state index contributed by atoms with van der Waals surface area (Å²) in [4.78, 5) is 27.4. The van der Waals surface area contributed by atoms with Crippen LogP contribution in [0.1, 0.15) is 47.5 Å². The Labute approximate surface area is 114 Å². The van der Waals surface area contributed by atoms with Gasteiger partial charge in [-0.3, -0.25) is 9.63 Å². The molecule has 0 aliphatic heterocycles. The number of amides is 1. The molecular weight excluding hydrogens is 248 g/mol. The quantitative estimate of drug-likeness (QED) is 0.254. The normalized spacial score (nSPS) is 11.9. The molecule has 0 saturated carbocycles. The third-order valence-corrected chi connectivity index (χ3v) is 2.84. The van der Waals surface area contributed by atoms with Crippen molar-refractivity contribution in [3.05, 3.63) is 0 Å². The fourth-order valence-electron chi connectivity index (χ4n) is 0.853. The van der Waals surface area contributed by atoms with Gasteiger partial charge in [-0.25, -0.2) is 4.79 Å². The third-order valence-electron chi connectivity index (χ3n) is 2.84. The molecule has 0 heterocycles. The van der Waals surface area contributed by atoms with Crippen molar-refractivity contribution in [3.63, 3.8) is 0 Å². The molecule has 0 saturated heterocycles. The lowest BCUT2D eigenvalue weighted by Crippen LogP contribution is -2.31. The molecule has 110 valence electrons. The van der Waals surface area contributed by atoms with Crippen LogP contribution < -0.4 is 5.32 Å². The van der Waals surface area contributed by atoms with E-state index in [1.165, 1.54) is 0 Å². The summed E-state index contributed by atoms with van der Waals surface area (Å²) in [7, 11) is 0. The minimum Gasteiger partial charge on any atom is -0.463 e. The predicted molar refractivity (Wildman–Crippen MR) is 72.9 cm³/mol. The lowest BCUT2D eigenvalue weighted by molar-refractivity contribution is -0.153. The highest BCUT2D eigenvalue weighted by Gasteiger charge is 2.26. The van der Waals surface area contributed by atoms with Crippen molar-refractivity contribution >= 4 is 17.8 Å². The number of esters is 1. The molecule has 0 fully saturated rings. The van der Waals surface area contributed by atoms with Crippen molar-refractivity contribution in [2.75, 3.05) is 13.2 Å². The number of nitrogens with one attached hydrogen (secondary N) is 1. The van der Waals surface area contributed by atoms with E-state index >= 15 is 0 Å². The van der Waals surface area contributed by atoms with E-state index in [1.807, 2.05) is 27.7 Å². The van der Waals surface area contributed by atoms with Crippen LogP contribution in [0.5, 0.6) is 0 Å². The molecule has 0 aromatic carbocycles. The van der Waals surface area contributed by atoms with Crippen molar-refractivity contribution in [2.45, 2.75) is 47.5 Å². The summed E-state index contributed by atoms with van der Waals surface area (Å²) >= 11 is 0. The average molecular weight is 272 g/mol. The Hall–Kier alpha value is -1.59. The van der Waals surface area contributed by atoms with Gasteiger partial charge in [0.05, 0.1) is 17.7 Å². The Morgan fingerprint density at radius 2 is 1.89 bits per heavy atom. The second-order valence-electron chi connectivity index (χ2n) is 4.86. The van der Waals surface area contributed by atoms with Crippen molar-refractivity contribution in [1.82, 2.24) is 5.32 Å². The van der Waals surface area contributed by atoms with E-state index in [0.717, 1.165) is 12.1 Å². The summed E-state index contributed by atoms with van der Waals surface area (Å²) in [5, 5.41) is 6.05. The molecule has 0 aromatic heterocycles. The predicted octanol–water partition coefficient (Wildman–Crippen LogP) is 2.48.